The lowest BCUT2D eigenvalue weighted by atomic mass is 10.00. The Morgan fingerprint density at radius 3 is 2.70 bits per heavy atom. The molecule has 27 heavy (non-hydrogen) atoms. The molecule has 3 aromatic rings. The van der Waals surface area contributed by atoms with Crippen molar-refractivity contribution in [2.24, 2.45) is 0 Å². The predicted molar refractivity (Wildman–Crippen MR) is 99.4 cm³/mol. The van der Waals surface area contributed by atoms with Crippen molar-refractivity contribution in [2.75, 3.05) is 13.1 Å². The molecule has 1 saturated heterocycles. The Bertz CT molecular complexity index is 1020. The maximum atomic E-state index is 13.0. The summed E-state index contributed by atoms with van der Waals surface area (Å²) in [7, 11) is -3.53. The summed E-state index contributed by atoms with van der Waals surface area (Å²) in [5.74, 6) is 0.757. The number of piperidine rings is 1. The molecular weight excluding hydrogens is 364 g/mol. The third-order valence-electron chi connectivity index (χ3n) is 4.73. The Kier molecular flexibility index (Phi) is 4.75. The minimum Gasteiger partial charge on any atom is -0.339 e. The molecule has 0 unspecified atom stereocenters. The first-order valence-electron chi connectivity index (χ1n) is 8.86. The zero-order valence-corrected chi connectivity index (χ0v) is 15.8. The maximum Gasteiger partial charge on any atom is 0.243 e. The summed E-state index contributed by atoms with van der Waals surface area (Å²) in [6.07, 6.45) is 3.22. The first-order chi connectivity index (χ1) is 13.0. The van der Waals surface area contributed by atoms with Crippen LogP contribution < -0.4 is 0 Å². The highest BCUT2D eigenvalue weighted by atomic mass is 32.2. The molecule has 1 atom stereocenters. The summed E-state index contributed by atoms with van der Waals surface area (Å²) in [6, 6.07) is 12.4. The number of pyridine rings is 1. The summed E-state index contributed by atoms with van der Waals surface area (Å²) in [5.41, 5.74) is 1.66. The minimum atomic E-state index is -3.53. The van der Waals surface area contributed by atoms with Gasteiger partial charge in [-0.2, -0.15) is 9.29 Å². The van der Waals surface area contributed by atoms with E-state index in [-0.39, 0.29) is 5.92 Å². The Morgan fingerprint density at radius 1 is 1.15 bits per heavy atom. The second-order valence-corrected chi connectivity index (χ2v) is 8.62. The zero-order valence-electron chi connectivity index (χ0n) is 14.9. The summed E-state index contributed by atoms with van der Waals surface area (Å²) < 4.78 is 32.8. The van der Waals surface area contributed by atoms with Crippen LogP contribution in [-0.4, -0.2) is 40.9 Å². The lowest BCUT2D eigenvalue weighted by Gasteiger charge is -2.30. The van der Waals surface area contributed by atoms with Gasteiger partial charge in [-0.3, -0.25) is 4.98 Å². The molecule has 1 aliphatic rings. The van der Waals surface area contributed by atoms with Crippen molar-refractivity contribution >= 4 is 10.0 Å². The Morgan fingerprint density at radius 2 is 1.96 bits per heavy atom. The van der Waals surface area contributed by atoms with Crippen LogP contribution in [0, 0.1) is 6.92 Å². The molecule has 1 aliphatic heterocycles. The number of rotatable bonds is 4. The Labute approximate surface area is 158 Å². The van der Waals surface area contributed by atoms with Crippen LogP contribution in [0.2, 0.25) is 0 Å². The van der Waals surface area contributed by atoms with E-state index >= 15 is 0 Å². The van der Waals surface area contributed by atoms with Gasteiger partial charge in [-0.25, -0.2) is 8.42 Å². The van der Waals surface area contributed by atoms with Crippen LogP contribution in [0.25, 0.3) is 11.5 Å². The Hall–Kier alpha value is -2.58. The van der Waals surface area contributed by atoms with E-state index in [9.17, 15) is 8.42 Å². The fourth-order valence-corrected chi connectivity index (χ4v) is 4.75. The van der Waals surface area contributed by atoms with Crippen LogP contribution in [0.3, 0.4) is 0 Å². The van der Waals surface area contributed by atoms with Gasteiger partial charge in [0.05, 0.1) is 10.8 Å². The number of benzene rings is 1. The van der Waals surface area contributed by atoms with Gasteiger partial charge >= 0.3 is 0 Å². The minimum absolute atomic E-state index is 0.121. The Balaban J connectivity index is 1.55. The van der Waals surface area contributed by atoms with E-state index in [0.29, 0.717) is 35.4 Å². The molecule has 1 aromatic carbocycles. The van der Waals surface area contributed by atoms with Crippen molar-refractivity contribution < 1.29 is 12.9 Å². The average molecular weight is 384 g/mol. The van der Waals surface area contributed by atoms with Gasteiger partial charge in [0.1, 0.15) is 5.69 Å². The molecule has 0 radical (unpaired) electrons. The molecule has 2 aromatic heterocycles. The normalized spacial score (nSPS) is 18.5. The smallest absolute Gasteiger partial charge is 0.243 e. The number of hydrogen-bond acceptors (Lipinski definition) is 6. The SMILES string of the molecule is Cc1ccc(S(=O)(=O)N2CCC[C@H](c3nc(-c4ccccn4)no3)C2)cc1. The van der Waals surface area contributed by atoms with Crippen LogP contribution in [-0.2, 0) is 10.0 Å². The second-order valence-electron chi connectivity index (χ2n) is 6.69. The lowest BCUT2D eigenvalue weighted by molar-refractivity contribution is 0.265. The van der Waals surface area contributed by atoms with Gasteiger partial charge in [0, 0.05) is 19.3 Å². The molecular formula is C19H20N4O3S. The molecule has 0 N–H and O–H groups in total. The van der Waals surface area contributed by atoms with Crippen LogP contribution in [0.1, 0.15) is 30.2 Å². The highest BCUT2D eigenvalue weighted by Gasteiger charge is 2.33. The number of aryl methyl sites for hydroxylation is 1. The molecule has 0 amide bonds. The molecule has 7 nitrogen and oxygen atoms in total. The monoisotopic (exact) mass is 384 g/mol. The van der Waals surface area contributed by atoms with Crippen molar-refractivity contribution in [1.82, 2.24) is 19.4 Å². The first kappa shape index (κ1) is 17.8. The molecule has 8 heteroatoms. The van der Waals surface area contributed by atoms with E-state index < -0.39 is 10.0 Å². The molecule has 140 valence electrons. The molecule has 0 bridgehead atoms. The molecule has 0 spiro atoms. The van der Waals surface area contributed by atoms with Crippen LogP contribution >= 0.6 is 0 Å². The van der Waals surface area contributed by atoms with Gasteiger partial charge in [-0.05, 0) is 44.0 Å². The molecule has 0 aliphatic carbocycles. The van der Waals surface area contributed by atoms with Crippen LogP contribution in [0.15, 0.2) is 58.1 Å². The first-order valence-corrected chi connectivity index (χ1v) is 10.3. The van der Waals surface area contributed by atoms with Gasteiger partial charge in [0.2, 0.25) is 21.7 Å². The van der Waals surface area contributed by atoms with Crippen molar-refractivity contribution in [3.8, 4) is 11.5 Å². The van der Waals surface area contributed by atoms with E-state index in [2.05, 4.69) is 15.1 Å². The summed E-state index contributed by atoms with van der Waals surface area (Å²) >= 11 is 0. The molecule has 0 saturated carbocycles. The molecule has 4 rings (SSSR count). The van der Waals surface area contributed by atoms with Gasteiger partial charge < -0.3 is 4.52 Å². The quantitative estimate of drug-likeness (QED) is 0.687. The van der Waals surface area contributed by atoms with Crippen LogP contribution in [0.4, 0.5) is 0 Å². The number of sulfonamides is 1. The molecule has 3 heterocycles. The highest BCUT2D eigenvalue weighted by Crippen LogP contribution is 2.30. The number of nitrogens with zero attached hydrogens (tertiary/aromatic N) is 4. The summed E-state index contributed by atoms with van der Waals surface area (Å²) in [4.78, 5) is 8.97. The summed E-state index contributed by atoms with van der Waals surface area (Å²) in [5, 5.41) is 4.00. The fraction of sp³-hybridized carbons (Fsp3) is 0.316. The third-order valence-corrected chi connectivity index (χ3v) is 6.61. The topological polar surface area (TPSA) is 89.2 Å². The van der Waals surface area contributed by atoms with Crippen molar-refractivity contribution in [3.63, 3.8) is 0 Å². The van der Waals surface area contributed by atoms with E-state index in [1.807, 2.05) is 37.3 Å². The van der Waals surface area contributed by atoms with Crippen molar-refractivity contribution in [2.45, 2.75) is 30.6 Å². The third kappa shape index (κ3) is 3.63. The lowest BCUT2D eigenvalue weighted by Crippen LogP contribution is -2.39. The van der Waals surface area contributed by atoms with Gasteiger partial charge in [-0.15, -0.1) is 0 Å². The second kappa shape index (κ2) is 7.21. The van der Waals surface area contributed by atoms with Crippen molar-refractivity contribution in [3.05, 3.63) is 60.1 Å². The van der Waals surface area contributed by atoms with Crippen molar-refractivity contribution in [1.29, 1.82) is 0 Å². The average Bonchev–Trinajstić information content (AvgIpc) is 3.19. The fourth-order valence-electron chi connectivity index (χ4n) is 3.22. The number of hydrogen-bond donors (Lipinski definition) is 0. The van der Waals surface area contributed by atoms with E-state index in [0.717, 1.165) is 18.4 Å². The standard InChI is InChI=1S/C19H20N4O3S/c1-14-7-9-16(10-8-14)27(24,25)23-12-4-5-15(13-23)19-21-18(22-26-19)17-6-2-3-11-20-17/h2-3,6-11,15H,4-5,12-13H2,1H3/t15-/m0/s1. The predicted octanol–water partition coefficient (Wildman–Crippen LogP) is 3.01. The zero-order chi connectivity index (χ0) is 18.9. The van der Waals surface area contributed by atoms with Gasteiger partial charge in [0.15, 0.2) is 0 Å². The van der Waals surface area contributed by atoms with E-state index in [1.54, 1.807) is 18.3 Å². The van der Waals surface area contributed by atoms with E-state index in [1.165, 1.54) is 4.31 Å². The maximum absolute atomic E-state index is 13.0. The summed E-state index contributed by atoms with van der Waals surface area (Å²) in [6.45, 7) is 2.76. The molecule has 1 fully saturated rings. The number of aromatic nitrogens is 3. The van der Waals surface area contributed by atoms with Gasteiger partial charge in [-0.1, -0.05) is 28.9 Å². The van der Waals surface area contributed by atoms with E-state index in [4.69, 9.17) is 4.52 Å². The largest absolute Gasteiger partial charge is 0.339 e. The highest BCUT2D eigenvalue weighted by molar-refractivity contribution is 7.89. The van der Waals surface area contributed by atoms with Gasteiger partial charge in [0.25, 0.3) is 0 Å². The van der Waals surface area contributed by atoms with Crippen LogP contribution in [0.5, 0.6) is 0 Å².